The second-order valence-electron chi connectivity index (χ2n) is 5.04. The highest BCUT2D eigenvalue weighted by Crippen LogP contribution is 2.27. The van der Waals surface area contributed by atoms with Gasteiger partial charge in [-0.25, -0.2) is 0 Å². The highest BCUT2D eigenvalue weighted by atomic mass is 19.4. The molecule has 0 radical (unpaired) electrons. The SMILES string of the molecule is Cc1ccc(C)c(C(=O)NCCn2ccc(C(F)(F)F)n2)c1. The number of halogens is 3. The molecule has 2 aromatic rings. The van der Waals surface area contributed by atoms with Crippen molar-refractivity contribution < 1.29 is 18.0 Å². The highest BCUT2D eigenvalue weighted by molar-refractivity contribution is 5.95. The van der Waals surface area contributed by atoms with Crippen LogP contribution in [0.3, 0.4) is 0 Å². The fraction of sp³-hybridized carbons (Fsp3) is 0.333. The normalized spacial score (nSPS) is 11.5. The molecule has 0 atom stereocenters. The number of nitrogens with zero attached hydrogens (tertiary/aromatic N) is 2. The molecule has 118 valence electrons. The third kappa shape index (κ3) is 3.87. The van der Waals surface area contributed by atoms with E-state index in [-0.39, 0.29) is 19.0 Å². The predicted molar refractivity (Wildman–Crippen MR) is 75.5 cm³/mol. The van der Waals surface area contributed by atoms with Crippen molar-refractivity contribution in [1.29, 1.82) is 0 Å². The van der Waals surface area contributed by atoms with E-state index < -0.39 is 11.9 Å². The Balaban J connectivity index is 1.92. The Bertz CT molecular complexity index is 677. The van der Waals surface area contributed by atoms with Crippen LogP contribution in [0.4, 0.5) is 13.2 Å². The van der Waals surface area contributed by atoms with Gasteiger partial charge in [-0.2, -0.15) is 18.3 Å². The van der Waals surface area contributed by atoms with Crippen LogP contribution in [0.2, 0.25) is 0 Å². The summed E-state index contributed by atoms with van der Waals surface area (Å²) in [6.45, 7) is 4.09. The van der Waals surface area contributed by atoms with Gasteiger partial charge in [0, 0.05) is 18.3 Å². The number of hydrogen-bond donors (Lipinski definition) is 1. The largest absolute Gasteiger partial charge is 0.435 e. The molecule has 0 aliphatic carbocycles. The monoisotopic (exact) mass is 311 g/mol. The van der Waals surface area contributed by atoms with Gasteiger partial charge in [-0.1, -0.05) is 17.7 Å². The van der Waals surface area contributed by atoms with Crippen molar-refractivity contribution in [3.8, 4) is 0 Å². The van der Waals surface area contributed by atoms with E-state index in [1.165, 1.54) is 6.20 Å². The van der Waals surface area contributed by atoms with Gasteiger partial charge in [0.05, 0.1) is 6.54 Å². The average molecular weight is 311 g/mol. The second-order valence-corrected chi connectivity index (χ2v) is 5.04. The first kappa shape index (κ1) is 16.1. The van der Waals surface area contributed by atoms with Crippen LogP contribution >= 0.6 is 0 Å². The van der Waals surface area contributed by atoms with Crippen LogP contribution in [0.5, 0.6) is 0 Å². The molecule has 0 saturated heterocycles. The number of aromatic nitrogens is 2. The zero-order chi connectivity index (χ0) is 16.3. The summed E-state index contributed by atoms with van der Waals surface area (Å²) in [5.74, 6) is -0.246. The molecule has 1 heterocycles. The Morgan fingerprint density at radius 2 is 2.00 bits per heavy atom. The van der Waals surface area contributed by atoms with E-state index in [2.05, 4.69) is 10.4 Å². The Labute approximate surface area is 125 Å². The number of carbonyl (C=O) groups is 1. The van der Waals surface area contributed by atoms with Crippen molar-refractivity contribution in [3.05, 3.63) is 52.8 Å². The van der Waals surface area contributed by atoms with Gasteiger partial charge in [0.1, 0.15) is 0 Å². The number of benzene rings is 1. The van der Waals surface area contributed by atoms with E-state index in [1.807, 2.05) is 26.0 Å². The number of rotatable bonds is 4. The van der Waals surface area contributed by atoms with Gasteiger partial charge in [-0.05, 0) is 31.5 Å². The van der Waals surface area contributed by atoms with Gasteiger partial charge in [0.15, 0.2) is 5.69 Å². The van der Waals surface area contributed by atoms with Gasteiger partial charge >= 0.3 is 6.18 Å². The maximum absolute atomic E-state index is 12.4. The summed E-state index contributed by atoms with van der Waals surface area (Å²) < 4.78 is 38.4. The van der Waals surface area contributed by atoms with Crippen molar-refractivity contribution in [2.75, 3.05) is 6.54 Å². The first-order valence-electron chi connectivity index (χ1n) is 6.73. The van der Waals surface area contributed by atoms with Gasteiger partial charge in [0.25, 0.3) is 5.91 Å². The second kappa shape index (κ2) is 6.21. The lowest BCUT2D eigenvalue weighted by atomic mass is 10.1. The molecule has 0 bridgehead atoms. The van der Waals surface area contributed by atoms with Crippen LogP contribution in [0.1, 0.15) is 27.2 Å². The van der Waals surface area contributed by atoms with E-state index >= 15 is 0 Å². The third-order valence-electron chi connectivity index (χ3n) is 3.20. The van der Waals surface area contributed by atoms with Crippen molar-refractivity contribution in [2.24, 2.45) is 0 Å². The zero-order valence-electron chi connectivity index (χ0n) is 12.2. The van der Waals surface area contributed by atoms with E-state index in [4.69, 9.17) is 0 Å². The number of amides is 1. The molecule has 1 N–H and O–H groups in total. The fourth-order valence-corrected chi connectivity index (χ4v) is 2.00. The maximum atomic E-state index is 12.4. The summed E-state index contributed by atoms with van der Waals surface area (Å²) in [5.41, 5.74) is 1.45. The quantitative estimate of drug-likeness (QED) is 0.943. The van der Waals surface area contributed by atoms with Crippen molar-refractivity contribution >= 4 is 5.91 Å². The number of hydrogen-bond acceptors (Lipinski definition) is 2. The molecule has 0 fully saturated rings. The first-order chi connectivity index (χ1) is 10.3. The van der Waals surface area contributed by atoms with Gasteiger partial charge in [-0.3, -0.25) is 9.48 Å². The van der Waals surface area contributed by atoms with Crippen LogP contribution in [0.15, 0.2) is 30.5 Å². The molecule has 1 aromatic heterocycles. The molecule has 0 aliphatic rings. The van der Waals surface area contributed by atoms with Gasteiger partial charge in [0.2, 0.25) is 0 Å². The average Bonchev–Trinajstić information content (AvgIpc) is 2.90. The minimum absolute atomic E-state index is 0.173. The smallest absolute Gasteiger partial charge is 0.350 e. The molecule has 0 unspecified atom stereocenters. The lowest BCUT2D eigenvalue weighted by Gasteiger charge is -2.09. The van der Waals surface area contributed by atoms with Crippen molar-refractivity contribution in [1.82, 2.24) is 15.1 Å². The lowest BCUT2D eigenvalue weighted by molar-refractivity contribution is -0.141. The number of carbonyl (C=O) groups excluding carboxylic acids is 1. The highest BCUT2D eigenvalue weighted by Gasteiger charge is 2.33. The topological polar surface area (TPSA) is 46.9 Å². The first-order valence-corrected chi connectivity index (χ1v) is 6.73. The van der Waals surface area contributed by atoms with Crippen LogP contribution in [-0.2, 0) is 12.7 Å². The van der Waals surface area contributed by atoms with Crippen molar-refractivity contribution in [2.45, 2.75) is 26.6 Å². The number of aryl methyl sites for hydroxylation is 2. The Kier molecular flexibility index (Phi) is 4.54. The molecule has 0 saturated carbocycles. The Hall–Kier alpha value is -2.31. The van der Waals surface area contributed by atoms with Gasteiger partial charge in [-0.15, -0.1) is 0 Å². The van der Waals surface area contributed by atoms with Crippen LogP contribution in [0.25, 0.3) is 0 Å². The number of alkyl halides is 3. The molecule has 22 heavy (non-hydrogen) atoms. The van der Waals surface area contributed by atoms with E-state index in [1.54, 1.807) is 6.07 Å². The van der Waals surface area contributed by atoms with Crippen molar-refractivity contribution in [3.63, 3.8) is 0 Å². The minimum atomic E-state index is -4.45. The molecule has 7 heteroatoms. The minimum Gasteiger partial charge on any atom is -0.350 e. The molecule has 0 spiro atoms. The summed E-state index contributed by atoms with van der Waals surface area (Å²) in [6, 6.07) is 6.45. The Morgan fingerprint density at radius 1 is 1.27 bits per heavy atom. The molecular formula is C15H16F3N3O. The maximum Gasteiger partial charge on any atom is 0.435 e. The summed E-state index contributed by atoms with van der Waals surface area (Å²) in [6.07, 6.45) is -3.21. The Morgan fingerprint density at radius 3 is 2.64 bits per heavy atom. The molecule has 1 amide bonds. The molecular weight excluding hydrogens is 295 g/mol. The van der Waals surface area contributed by atoms with E-state index in [0.29, 0.717) is 5.56 Å². The lowest BCUT2D eigenvalue weighted by Crippen LogP contribution is -2.28. The summed E-state index contributed by atoms with van der Waals surface area (Å²) in [7, 11) is 0. The van der Waals surface area contributed by atoms with Crippen LogP contribution in [0, 0.1) is 13.8 Å². The number of nitrogens with one attached hydrogen (secondary N) is 1. The molecule has 0 aliphatic heterocycles. The van der Waals surface area contributed by atoms with Crippen LogP contribution < -0.4 is 5.32 Å². The predicted octanol–water partition coefficient (Wildman–Crippen LogP) is 2.95. The van der Waals surface area contributed by atoms with E-state index in [9.17, 15) is 18.0 Å². The van der Waals surface area contributed by atoms with Crippen LogP contribution in [-0.4, -0.2) is 22.2 Å². The molecule has 4 nitrogen and oxygen atoms in total. The summed E-state index contributed by atoms with van der Waals surface area (Å²) in [5, 5.41) is 6.11. The molecule has 2 rings (SSSR count). The molecule has 1 aromatic carbocycles. The summed E-state index contributed by atoms with van der Waals surface area (Å²) in [4.78, 5) is 12.1. The zero-order valence-corrected chi connectivity index (χ0v) is 12.2. The summed E-state index contributed by atoms with van der Waals surface area (Å²) >= 11 is 0. The standard InChI is InChI=1S/C15H16F3N3O/c1-10-3-4-11(2)12(9-10)14(22)19-6-8-21-7-5-13(20-21)15(16,17)18/h3-5,7,9H,6,8H2,1-2H3,(H,19,22). The van der Waals surface area contributed by atoms with E-state index in [0.717, 1.165) is 21.9 Å². The van der Waals surface area contributed by atoms with Gasteiger partial charge < -0.3 is 5.32 Å². The fourth-order valence-electron chi connectivity index (χ4n) is 2.00. The third-order valence-corrected chi connectivity index (χ3v) is 3.20.